The van der Waals surface area contributed by atoms with Crippen LogP contribution in [0.25, 0.3) is 0 Å². The molecular formula is C16H23FN2O2. The van der Waals surface area contributed by atoms with E-state index in [0.717, 1.165) is 31.5 Å². The van der Waals surface area contributed by atoms with E-state index in [9.17, 15) is 9.18 Å². The second-order valence-corrected chi connectivity index (χ2v) is 5.73. The molecule has 1 aromatic carbocycles. The molecule has 0 radical (unpaired) electrons. The van der Waals surface area contributed by atoms with Crippen molar-refractivity contribution in [1.29, 1.82) is 0 Å². The lowest BCUT2D eigenvalue weighted by molar-refractivity contribution is -0.136. The second kappa shape index (κ2) is 7.00. The molecule has 2 rings (SSSR count). The lowest BCUT2D eigenvalue weighted by atomic mass is 9.78. The standard InChI is InChI=1S/C16H23FN2O2/c1-12-3-4-13(9-14(12)17)10-19-15(20)16(11-21-2)5-7-18-8-6-16/h3-4,9,18H,5-8,10-11H2,1-2H3,(H,19,20). The summed E-state index contributed by atoms with van der Waals surface area (Å²) in [6.07, 6.45) is 1.52. The summed E-state index contributed by atoms with van der Waals surface area (Å²) in [6.45, 7) is 4.11. The molecule has 1 amide bonds. The third-order valence-electron chi connectivity index (χ3n) is 4.15. The minimum Gasteiger partial charge on any atom is -0.384 e. The first kappa shape index (κ1) is 15.9. The zero-order valence-corrected chi connectivity index (χ0v) is 12.7. The van der Waals surface area contributed by atoms with Gasteiger partial charge in [0.15, 0.2) is 0 Å². The van der Waals surface area contributed by atoms with Gasteiger partial charge in [-0.1, -0.05) is 12.1 Å². The van der Waals surface area contributed by atoms with Crippen molar-refractivity contribution in [3.63, 3.8) is 0 Å². The summed E-state index contributed by atoms with van der Waals surface area (Å²) in [5, 5.41) is 6.18. The van der Waals surface area contributed by atoms with Crippen LogP contribution in [0.2, 0.25) is 0 Å². The van der Waals surface area contributed by atoms with Crippen LogP contribution < -0.4 is 10.6 Å². The lowest BCUT2D eigenvalue weighted by Crippen LogP contribution is -2.49. The Morgan fingerprint density at radius 2 is 2.14 bits per heavy atom. The first-order valence-corrected chi connectivity index (χ1v) is 7.30. The van der Waals surface area contributed by atoms with Crippen LogP contribution in [-0.4, -0.2) is 32.7 Å². The van der Waals surface area contributed by atoms with Gasteiger partial charge in [-0.3, -0.25) is 4.79 Å². The summed E-state index contributed by atoms with van der Waals surface area (Å²) in [7, 11) is 1.62. The molecule has 0 aromatic heterocycles. The average Bonchev–Trinajstić information content (AvgIpc) is 2.49. The van der Waals surface area contributed by atoms with Gasteiger partial charge >= 0.3 is 0 Å². The first-order chi connectivity index (χ1) is 10.1. The Balaban J connectivity index is 2.00. The van der Waals surface area contributed by atoms with E-state index in [1.54, 1.807) is 20.1 Å². The van der Waals surface area contributed by atoms with Crippen molar-refractivity contribution in [1.82, 2.24) is 10.6 Å². The number of halogens is 1. The van der Waals surface area contributed by atoms with Crippen molar-refractivity contribution in [2.24, 2.45) is 5.41 Å². The van der Waals surface area contributed by atoms with Crippen molar-refractivity contribution in [2.75, 3.05) is 26.8 Å². The Kier molecular flexibility index (Phi) is 5.31. The number of rotatable bonds is 5. The van der Waals surface area contributed by atoms with Crippen molar-refractivity contribution in [2.45, 2.75) is 26.3 Å². The van der Waals surface area contributed by atoms with E-state index in [-0.39, 0.29) is 11.7 Å². The Hall–Kier alpha value is -1.46. The maximum absolute atomic E-state index is 13.5. The van der Waals surface area contributed by atoms with Crippen LogP contribution in [-0.2, 0) is 16.1 Å². The molecule has 0 saturated carbocycles. The molecule has 1 heterocycles. The third kappa shape index (κ3) is 3.80. The highest BCUT2D eigenvalue weighted by Gasteiger charge is 2.39. The van der Waals surface area contributed by atoms with Crippen LogP contribution in [0.1, 0.15) is 24.0 Å². The average molecular weight is 294 g/mol. The number of aryl methyl sites for hydroxylation is 1. The number of nitrogens with one attached hydrogen (secondary N) is 2. The Morgan fingerprint density at radius 3 is 2.76 bits per heavy atom. The van der Waals surface area contributed by atoms with Crippen LogP contribution >= 0.6 is 0 Å². The molecular weight excluding hydrogens is 271 g/mol. The molecule has 1 aromatic rings. The SMILES string of the molecule is COCC1(C(=O)NCc2ccc(C)c(F)c2)CCNCC1. The summed E-state index contributed by atoms with van der Waals surface area (Å²) in [6, 6.07) is 5.04. The molecule has 0 atom stereocenters. The van der Waals surface area contributed by atoms with E-state index in [0.29, 0.717) is 18.7 Å². The number of ether oxygens (including phenoxy) is 1. The van der Waals surface area contributed by atoms with E-state index >= 15 is 0 Å². The Bertz CT molecular complexity index is 494. The van der Waals surface area contributed by atoms with Gasteiger partial charge < -0.3 is 15.4 Å². The van der Waals surface area contributed by atoms with Gasteiger partial charge in [0.05, 0.1) is 12.0 Å². The largest absolute Gasteiger partial charge is 0.384 e. The summed E-state index contributed by atoms with van der Waals surface area (Å²) in [4.78, 5) is 12.5. The number of carbonyl (C=O) groups excluding carboxylic acids is 1. The molecule has 1 aliphatic heterocycles. The molecule has 116 valence electrons. The zero-order chi connectivity index (χ0) is 15.3. The minimum atomic E-state index is -0.469. The van der Waals surface area contributed by atoms with E-state index in [1.165, 1.54) is 6.07 Å². The fourth-order valence-electron chi connectivity index (χ4n) is 2.73. The predicted octanol–water partition coefficient (Wildman–Crippen LogP) is 1.77. The van der Waals surface area contributed by atoms with Crippen LogP contribution in [0.3, 0.4) is 0 Å². The van der Waals surface area contributed by atoms with Crippen LogP contribution in [0, 0.1) is 18.2 Å². The number of amides is 1. The van der Waals surface area contributed by atoms with Gasteiger partial charge in [0.25, 0.3) is 0 Å². The maximum atomic E-state index is 13.5. The third-order valence-corrected chi connectivity index (χ3v) is 4.15. The van der Waals surface area contributed by atoms with Gasteiger partial charge in [-0.2, -0.15) is 0 Å². The van der Waals surface area contributed by atoms with Crippen molar-refractivity contribution in [3.05, 3.63) is 35.1 Å². The smallest absolute Gasteiger partial charge is 0.228 e. The van der Waals surface area contributed by atoms with Crippen LogP contribution in [0.15, 0.2) is 18.2 Å². The van der Waals surface area contributed by atoms with Gasteiger partial charge in [-0.25, -0.2) is 4.39 Å². The molecule has 2 N–H and O–H groups in total. The maximum Gasteiger partial charge on any atom is 0.228 e. The molecule has 5 heteroatoms. The Morgan fingerprint density at radius 1 is 1.43 bits per heavy atom. The van der Waals surface area contributed by atoms with Crippen LogP contribution in [0.4, 0.5) is 4.39 Å². The van der Waals surface area contributed by atoms with Crippen molar-refractivity contribution >= 4 is 5.91 Å². The molecule has 1 fully saturated rings. The number of hydrogen-bond acceptors (Lipinski definition) is 3. The minimum absolute atomic E-state index is 0.00756. The molecule has 1 aliphatic rings. The molecule has 21 heavy (non-hydrogen) atoms. The molecule has 0 bridgehead atoms. The topological polar surface area (TPSA) is 50.4 Å². The highest BCUT2D eigenvalue weighted by molar-refractivity contribution is 5.83. The molecule has 0 spiro atoms. The summed E-state index contributed by atoms with van der Waals surface area (Å²) in [5.41, 5.74) is 0.913. The molecule has 1 saturated heterocycles. The highest BCUT2D eigenvalue weighted by Crippen LogP contribution is 2.29. The van der Waals surface area contributed by atoms with Crippen molar-refractivity contribution in [3.8, 4) is 0 Å². The lowest BCUT2D eigenvalue weighted by Gasteiger charge is -2.35. The number of carbonyl (C=O) groups is 1. The first-order valence-electron chi connectivity index (χ1n) is 7.30. The summed E-state index contributed by atoms with van der Waals surface area (Å²) >= 11 is 0. The predicted molar refractivity (Wildman–Crippen MR) is 79.4 cm³/mol. The number of hydrogen-bond donors (Lipinski definition) is 2. The van der Waals surface area contributed by atoms with Crippen LogP contribution in [0.5, 0.6) is 0 Å². The monoisotopic (exact) mass is 294 g/mol. The van der Waals surface area contributed by atoms with E-state index in [2.05, 4.69) is 10.6 Å². The van der Waals surface area contributed by atoms with Gasteiger partial charge in [0.1, 0.15) is 5.82 Å². The highest BCUT2D eigenvalue weighted by atomic mass is 19.1. The van der Waals surface area contributed by atoms with Crippen molar-refractivity contribution < 1.29 is 13.9 Å². The van der Waals surface area contributed by atoms with E-state index in [1.807, 2.05) is 6.07 Å². The van der Waals surface area contributed by atoms with Gasteiger partial charge in [0.2, 0.25) is 5.91 Å². The van der Waals surface area contributed by atoms with E-state index in [4.69, 9.17) is 4.74 Å². The molecule has 4 nitrogen and oxygen atoms in total. The number of piperidine rings is 1. The summed E-state index contributed by atoms with van der Waals surface area (Å²) in [5.74, 6) is -0.248. The van der Waals surface area contributed by atoms with E-state index < -0.39 is 5.41 Å². The van der Waals surface area contributed by atoms with Gasteiger partial charge in [0, 0.05) is 13.7 Å². The zero-order valence-electron chi connectivity index (χ0n) is 12.7. The fourth-order valence-corrected chi connectivity index (χ4v) is 2.73. The molecule has 0 aliphatic carbocycles. The normalized spacial score (nSPS) is 17.5. The number of methoxy groups -OCH3 is 1. The quantitative estimate of drug-likeness (QED) is 0.870. The number of benzene rings is 1. The fraction of sp³-hybridized carbons (Fsp3) is 0.562. The van der Waals surface area contributed by atoms with Gasteiger partial charge in [-0.05, 0) is 50.0 Å². The second-order valence-electron chi connectivity index (χ2n) is 5.73. The summed E-state index contributed by atoms with van der Waals surface area (Å²) < 4.78 is 18.8. The van der Waals surface area contributed by atoms with Gasteiger partial charge in [-0.15, -0.1) is 0 Å². The molecule has 0 unspecified atom stereocenters. The Labute approximate surface area is 125 Å².